The minimum atomic E-state index is -0.336. The molecule has 0 amide bonds. The fourth-order valence-electron chi connectivity index (χ4n) is 3.47. The Labute approximate surface area is 176 Å². The fourth-order valence-corrected chi connectivity index (χ4v) is 3.47. The van der Waals surface area contributed by atoms with E-state index in [1.807, 2.05) is 30.3 Å². The van der Waals surface area contributed by atoms with Gasteiger partial charge in [0.2, 0.25) is 5.75 Å². The third-order valence-electron chi connectivity index (χ3n) is 5.20. The molecular formula is C24H29NO5. The van der Waals surface area contributed by atoms with Crippen LogP contribution in [0, 0.1) is 0 Å². The molecule has 2 aromatic carbocycles. The molecule has 160 valence electrons. The highest BCUT2D eigenvalue weighted by Crippen LogP contribution is 2.42. The Balaban J connectivity index is 1.86. The van der Waals surface area contributed by atoms with Crippen molar-refractivity contribution in [3.8, 4) is 28.6 Å². The number of unbranched alkanes of at least 4 members (excludes halogenated alkanes) is 1. The number of nitrogens with zero attached hydrogens (tertiary/aromatic N) is 1. The van der Waals surface area contributed by atoms with Crippen LogP contribution in [0.4, 0.5) is 0 Å². The van der Waals surface area contributed by atoms with E-state index < -0.39 is 0 Å². The lowest BCUT2D eigenvalue weighted by Gasteiger charge is -2.18. The molecule has 0 saturated heterocycles. The Bertz CT molecular complexity index is 1030. The number of fused-ring (bicyclic) bond motifs is 1. The lowest BCUT2D eigenvalue weighted by atomic mass is 10.1. The van der Waals surface area contributed by atoms with E-state index in [-0.39, 0.29) is 27.9 Å². The van der Waals surface area contributed by atoms with Gasteiger partial charge < -0.3 is 23.9 Å². The van der Waals surface area contributed by atoms with Gasteiger partial charge in [0.15, 0.2) is 16.9 Å². The maximum absolute atomic E-state index is 12.7. The van der Waals surface area contributed by atoms with Gasteiger partial charge in [-0.3, -0.25) is 4.79 Å². The number of benzene rings is 2. The van der Waals surface area contributed by atoms with Gasteiger partial charge in [-0.1, -0.05) is 44.2 Å². The van der Waals surface area contributed by atoms with E-state index >= 15 is 0 Å². The van der Waals surface area contributed by atoms with Crippen molar-refractivity contribution >= 4 is 11.0 Å². The number of aromatic hydroxyl groups is 1. The summed E-state index contributed by atoms with van der Waals surface area (Å²) in [4.78, 5) is 15.0. The summed E-state index contributed by atoms with van der Waals surface area (Å²) in [5, 5.41) is 10.7. The van der Waals surface area contributed by atoms with Crippen LogP contribution >= 0.6 is 0 Å². The van der Waals surface area contributed by atoms with Crippen LogP contribution < -0.4 is 14.9 Å². The molecule has 1 heterocycles. The lowest BCUT2D eigenvalue weighted by Crippen LogP contribution is -2.24. The van der Waals surface area contributed by atoms with Gasteiger partial charge in [0.1, 0.15) is 16.7 Å². The molecule has 0 unspecified atom stereocenters. The molecule has 1 aromatic heterocycles. The number of rotatable bonds is 10. The summed E-state index contributed by atoms with van der Waals surface area (Å²) in [5.74, 6) is 0.675. The van der Waals surface area contributed by atoms with Crippen LogP contribution in [-0.2, 0) is 0 Å². The fraction of sp³-hybridized carbons (Fsp3) is 0.375. The number of hydrogen-bond acceptors (Lipinski definition) is 6. The molecule has 3 aromatic rings. The standard InChI is InChI=1S/C24H29NO5/c1-4-25(5-2)13-9-10-14-29-21-16-20-22(23(27)24(21)28-3)18(26)15-19(30-20)17-11-7-6-8-12-17/h6-8,11-12,15-16,27H,4-5,9-10,13-14H2,1-3H3. The lowest BCUT2D eigenvalue weighted by molar-refractivity contribution is 0.256. The van der Waals surface area contributed by atoms with Crippen molar-refractivity contribution in [1.29, 1.82) is 0 Å². The third kappa shape index (κ3) is 4.76. The predicted octanol–water partition coefficient (Wildman–Crippen LogP) is 4.68. The third-order valence-corrected chi connectivity index (χ3v) is 5.20. The summed E-state index contributed by atoms with van der Waals surface area (Å²) >= 11 is 0. The molecule has 0 bridgehead atoms. The number of phenols is 1. The summed E-state index contributed by atoms with van der Waals surface area (Å²) in [5.41, 5.74) is 0.708. The van der Waals surface area contributed by atoms with E-state index in [0.29, 0.717) is 18.1 Å². The molecule has 3 rings (SSSR count). The zero-order valence-corrected chi connectivity index (χ0v) is 17.8. The topological polar surface area (TPSA) is 72.1 Å². The zero-order chi connectivity index (χ0) is 21.5. The van der Waals surface area contributed by atoms with Gasteiger partial charge >= 0.3 is 0 Å². The zero-order valence-electron chi connectivity index (χ0n) is 17.8. The van der Waals surface area contributed by atoms with Gasteiger partial charge in [-0.15, -0.1) is 0 Å². The first-order valence-electron chi connectivity index (χ1n) is 10.4. The second-order valence-corrected chi connectivity index (χ2v) is 7.05. The monoisotopic (exact) mass is 411 g/mol. The highest BCUT2D eigenvalue weighted by atomic mass is 16.5. The number of methoxy groups -OCH3 is 1. The molecule has 0 aliphatic heterocycles. The van der Waals surface area contributed by atoms with Crippen molar-refractivity contribution in [3.63, 3.8) is 0 Å². The molecule has 6 nitrogen and oxygen atoms in total. The summed E-state index contributed by atoms with van der Waals surface area (Å²) < 4.78 is 17.1. The van der Waals surface area contributed by atoms with Crippen molar-refractivity contribution in [3.05, 3.63) is 52.7 Å². The van der Waals surface area contributed by atoms with E-state index in [1.54, 1.807) is 6.07 Å². The maximum atomic E-state index is 12.7. The van der Waals surface area contributed by atoms with Gasteiger partial charge in [-0.25, -0.2) is 0 Å². The van der Waals surface area contributed by atoms with Gasteiger partial charge in [0, 0.05) is 17.7 Å². The number of hydrogen-bond donors (Lipinski definition) is 1. The molecule has 0 fully saturated rings. The molecular weight excluding hydrogens is 382 g/mol. The van der Waals surface area contributed by atoms with Crippen molar-refractivity contribution in [2.75, 3.05) is 33.4 Å². The average molecular weight is 411 g/mol. The SMILES string of the molecule is CCN(CC)CCCCOc1cc2oc(-c3ccccc3)cc(=O)c2c(O)c1OC. The van der Waals surface area contributed by atoms with Crippen LogP contribution in [-0.4, -0.2) is 43.4 Å². The second kappa shape index (κ2) is 10.2. The van der Waals surface area contributed by atoms with Gasteiger partial charge in [0.25, 0.3) is 0 Å². The Morgan fingerprint density at radius 3 is 2.47 bits per heavy atom. The summed E-state index contributed by atoms with van der Waals surface area (Å²) in [6, 6.07) is 12.4. The molecule has 0 spiro atoms. The molecule has 1 N–H and O–H groups in total. The van der Waals surface area contributed by atoms with Crippen LogP contribution in [0.25, 0.3) is 22.3 Å². The summed E-state index contributed by atoms with van der Waals surface area (Å²) in [7, 11) is 1.44. The quantitative estimate of drug-likeness (QED) is 0.489. The average Bonchev–Trinajstić information content (AvgIpc) is 2.76. The minimum Gasteiger partial charge on any atom is -0.504 e. The van der Waals surface area contributed by atoms with Crippen molar-refractivity contribution in [1.82, 2.24) is 4.90 Å². The van der Waals surface area contributed by atoms with Gasteiger partial charge in [-0.05, 0) is 32.5 Å². The van der Waals surface area contributed by atoms with E-state index in [2.05, 4.69) is 18.7 Å². The summed E-state index contributed by atoms with van der Waals surface area (Å²) in [6.07, 6.45) is 1.88. The predicted molar refractivity (Wildman–Crippen MR) is 119 cm³/mol. The smallest absolute Gasteiger partial charge is 0.204 e. The Morgan fingerprint density at radius 2 is 1.80 bits per heavy atom. The first kappa shape index (κ1) is 21.7. The van der Waals surface area contributed by atoms with Crippen LogP contribution in [0.2, 0.25) is 0 Å². The van der Waals surface area contributed by atoms with E-state index in [1.165, 1.54) is 13.2 Å². The van der Waals surface area contributed by atoms with Crippen molar-refractivity contribution < 1.29 is 19.0 Å². The molecule has 0 saturated carbocycles. The maximum Gasteiger partial charge on any atom is 0.204 e. The van der Waals surface area contributed by atoms with Gasteiger partial charge in [-0.2, -0.15) is 0 Å². The van der Waals surface area contributed by atoms with Crippen LogP contribution in [0.3, 0.4) is 0 Å². The Morgan fingerprint density at radius 1 is 1.07 bits per heavy atom. The first-order valence-corrected chi connectivity index (χ1v) is 10.4. The van der Waals surface area contributed by atoms with E-state index in [0.717, 1.165) is 38.0 Å². The largest absolute Gasteiger partial charge is 0.504 e. The number of ether oxygens (including phenoxy) is 2. The molecule has 0 radical (unpaired) electrons. The molecule has 0 atom stereocenters. The Hall–Kier alpha value is -2.99. The highest BCUT2D eigenvalue weighted by molar-refractivity contribution is 5.89. The molecule has 6 heteroatoms. The van der Waals surface area contributed by atoms with Crippen LogP contribution in [0.5, 0.6) is 17.2 Å². The summed E-state index contributed by atoms with van der Waals surface area (Å²) in [6.45, 7) is 7.87. The molecule has 0 aliphatic carbocycles. The van der Waals surface area contributed by atoms with Crippen molar-refractivity contribution in [2.45, 2.75) is 26.7 Å². The molecule has 30 heavy (non-hydrogen) atoms. The van der Waals surface area contributed by atoms with E-state index in [4.69, 9.17) is 13.9 Å². The van der Waals surface area contributed by atoms with E-state index in [9.17, 15) is 9.90 Å². The highest BCUT2D eigenvalue weighted by Gasteiger charge is 2.20. The second-order valence-electron chi connectivity index (χ2n) is 7.05. The minimum absolute atomic E-state index is 0.0837. The van der Waals surface area contributed by atoms with Crippen LogP contribution in [0.15, 0.2) is 51.7 Å². The van der Waals surface area contributed by atoms with Crippen molar-refractivity contribution in [2.24, 2.45) is 0 Å². The molecule has 0 aliphatic rings. The first-order chi connectivity index (χ1) is 14.6. The number of phenolic OH excluding ortho intramolecular Hbond substituents is 1. The van der Waals surface area contributed by atoms with Gasteiger partial charge in [0.05, 0.1) is 13.7 Å². The van der Waals surface area contributed by atoms with Crippen LogP contribution in [0.1, 0.15) is 26.7 Å². The normalized spacial score (nSPS) is 11.2. The Kier molecular flexibility index (Phi) is 7.36.